The summed E-state index contributed by atoms with van der Waals surface area (Å²) < 4.78 is 4.77. The molecule has 0 aromatic rings. The van der Waals surface area contributed by atoms with E-state index >= 15 is 0 Å². The summed E-state index contributed by atoms with van der Waals surface area (Å²) in [6, 6.07) is 0. The Hall–Kier alpha value is -1.27. The number of hydrogen-bond donors (Lipinski definition) is 1. The molecule has 0 saturated heterocycles. The molecular formula is C11H17NO2. The number of esters is 1. The van der Waals surface area contributed by atoms with E-state index in [2.05, 4.69) is 17.8 Å². The van der Waals surface area contributed by atoms with Gasteiger partial charge in [-0.05, 0) is 19.9 Å². The fourth-order valence-electron chi connectivity index (χ4n) is 0.860. The van der Waals surface area contributed by atoms with E-state index in [0.717, 1.165) is 19.4 Å². The molecule has 0 bridgehead atoms. The first kappa shape index (κ1) is 12.7. The second-order valence-electron chi connectivity index (χ2n) is 2.81. The molecule has 0 amide bonds. The second-order valence-corrected chi connectivity index (χ2v) is 2.81. The highest BCUT2D eigenvalue weighted by Crippen LogP contribution is 1.93. The quantitative estimate of drug-likeness (QED) is 0.286. The molecule has 0 aromatic carbocycles. The molecule has 0 unspecified atom stereocenters. The molecule has 0 aliphatic carbocycles. The zero-order chi connectivity index (χ0) is 10.8. The highest BCUT2D eigenvalue weighted by molar-refractivity contribution is 5.88. The van der Waals surface area contributed by atoms with Crippen LogP contribution in [0.3, 0.4) is 0 Å². The number of rotatable bonds is 7. The van der Waals surface area contributed by atoms with Crippen LogP contribution < -0.4 is 5.32 Å². The Labute approximate surface area is 85.5 Å². The van der Waals surface area contributed by atoms with E-state index in [4.69, 9.17) is 11.2 Å². The van der Waals surface area contributed by atoms with Crippen LogP contribution in [0.15, 0.2) is 12.2 Å². The molecule has 0 rings (SSSR count). The molecule has 0 aliphatic rings. The molecule has 0 aromatic heterocycles. The van der Waals surface area contributed by atoms with Gasteiger partial charge in [-0.15, -0.1) is 12.3 Å². The highest BCUT2D eigenvalue weighted by atomic mass is 16.5. The Morgan fingerprint density at radius 1 is 1.64 bits per heavy atom. The van der Waals surface area contributed by atoms with Gasteiger partial charge >= 0.3 is 5.97 Å². The second kappa shape index (κ2) is 8.33. The monoisotopic (exact) mass is 195 g/mol. The van der Waals surface area contributed by atoms with E-state index in [1.54, 1.807) is 6.92 Å². The normalized spacial score (nSPS) is 9.14. The van der Waals surface area contributed by atoms with E-state index < -0.39 is 0 Å². The van der Waals surface area contributed by atoms with Crippen molar-refractivity contribution < 1.29 is 9.53 Å². The summed E-state index contributed by atoms with van der Waals surface area (Å²) in [5.41, 5.74) is 0.451. The summed E-state index contributed by atoms with van der Waals surface area (Å²) in [5.74, 6) is 2.21. The minimum atomic E-state index is -0.336. The lowest BCUT2D eigenvalue weighted by atomic mass is 10.3. The van der Waals surface area contributed by atoms with Crippen LogP contribution in [0.4, 0.5) is 0 Å². The molecule has 78 valence electrons. The third-order valence-electron chi connectivity index (χ3n) is 1.58. The Kier molecular flexibility index (Phi) is 7.58. The van der Waals surface area contributed by atoms with Crippen LogP contribution in [-0.4, -0.2) is 25.7 Å². The van der Waals surface area contributed by atoms with Gasteiger partial charge in [-0.25, -0.2) is 4.79 Å². The average Bonchev–Trinajstić information content (AvgIpc) is 2.17. The Bertz CT molecular complexity index is 228. The molecule has 0 saturated carbocycles. The third-order valence-corrected chi connectivity index (χ3v) is 1.58. The summed E-state index contributed by atoms with van der Waals surface area (Å²) in [7, 11) is 0. The lowest BCUT2D eigenvalue weighted by molar-refractivity contribution is -0.138. The van der Waals surface area contributed by atoms with Crippen molar-refractivity contribution in [3.63, 3.8) is 0 Å². The van der Waals surface area contributed by atoms with Crippen LogP contribution in [0.1, 0.15) is 19.8 Å². The first-order valence-electron chi connectivity index (χ1n) is 4.71. The molecule has 0 spiro atoms. The molecule has 1 N–H and O–H groups in total. The number of terminal acetylenes is 1. The van der Waals surface area contributed by atoms with Gasteiger partial charge in [0.1, 0.15) is 0 Å². The minimum Gasteiger partial charge on any atom is -0.463 e. The van der Waals surface area contributed by atoms with Gasteiger partial charge in [0, 0.05) is 18.5 Å². The van der Waals surface area contributed by atoms with Gasteiger partial charge in [0.25, 0.3) is 0 Å². The summed E-state index contributed by atoms with van der Waals surface area (Å²) in [6.07, 6.45) is 6.75. The largest absolute Gasteiger partial charge is 0.463 e. The zero-order valence-electron chi connectivity index (χ0n) is 8.64. The fraction of sp³-hybridized carbons (Fsp3) is 0.545. The molecule has 0 atom stereocenters. The maximum atomic E-state index is 11.1. The van der Waals surface area contributed by atoms with Gasteiger partial charge < -0.3 is 10.1 Å². The summed E-state index contributed by atoms with van der Waals surface area (Å²) >= 11 is 0. The summed E-state index contributed by atoms with van der Waals surface area (Å²) in [5, 5.41) is 3.06. The van der Waals surface area contributed by atoms with E-state index in [9.17, 15) is 4.79 Å². The first-order chi connectivity index (χ1) is 6.72. The van der Waals surface area contributed by atoms with Crippen LogP contribution in [0.5, 0.6) is 0 Å². The van der Waals surface area contributed by atoms with Crippen molar-refractivity contribution in [1.29, 1.82) is 0 Å². The predicted molar refractivity (Wildman–Crippen MR) is 56.7 cm³/mol. The first-order valence-corrected chi connectivity index (χ1v) is 4.71. The lowest BCUT2D eigenvalue weighted by Gasteiger charge is -2.05. The topological polar surface area (TPSA) is 38.3 Å². The smallest absolute Gasteiger partial charge is 0.334 e. The SMILES string of the molecule is C#CCCCNCC(=C)C(=O)OCC. The Balaban J connectivity index is 3.45. The van der Waals surface area contributed by atoms with Crippen molar-refractivity contribution in [1.82, 2.24) is 5.32 Å². The maximum Gasteiger partial charge on any atom is 0.334 e. The van der Waals surface area contributed by atoms with Gasteiger partial charge in [0.05, 0.1) is 6.61 Å². The highest BCUT2D eigenvalue weighted by Gasteiger charge is 2.05. The molecule has 14 heavy (non-hydrogen) atoms. The van der Waals surface area contributed by atoms with Crippen molar-refractivity contribution in [3.05, 3.63) is 12.2 Å². The molecule has 0 fully saturated rings. The number of ether oxygens (including phenoxy) is 1. The Morgan fingerprint density at radius 3 is 2.93 bits per heavy atom. The molecular weight excluding hydrogens is 178 g/mol. The standard InChI is InChI=1S/C11H17NO2/c1-4-6-7-8-12-9-10(3)11(13)14-5-2/h1,12H,3,5-9H2,2H3. The summed E-state index contributed by atoms with van der Waals surface area (Å²) in [6.45, 7) is 7.02. The fourth-order valence-corrected chi connectivity index (χ4v) is 0.860. The van der Waals surface area contributed by atoms with Crippen molar-refractivity contribution in [2.24, 2.45) is 0 Å². The van der Waals surface area contributed by atoms with E-state index in [1.807, 2.05) is 0 Å². The summed E-state index contributed by atoms with van der Waals surface area (Å²) in [4.78, 5) is 11.1. The zero-order valence-corrected chi connectivity index (χ0v) is 8.64. The van der Waals surface area contributed by atoms with Gasteiger partial charge in [0.2, 0.25) is 0 Å². The van der Waals surface area contributed by atoms with Gasteiger partial charge in [-0.3, -0.25) is 0 Å². The maximum absolute atomic E-state index is 11.1. The minimum absolute atomic E-state index is 0.336. The van der Waals surface area contributed by atoms with E-state index in [-0.39, 0.29) is 5.97 Å². The van der Waals surface area contributed by atoms with Crippen LogP contribution >= 0.6 is 0 Å². The predicted octanol–water partition coefficient (Wildman–Crippen LogP) is 1.11. The number of carbonyl (C=O) groups is 1. The average molecular weight is 195 g/mol. The molecule has 0 radical (unpaired) electrons. The third kappa shape index (κ3) is 6.27. The molecule has 3 heteroatoms. The van der Waals surface area contributed by atoms with Crippen molar-refractivity contribution in [2.75, 3.05) is 19.7 Å². The van der Waals surface area contributed by atoms with Gasteiger partial charge in [-0.1, -0.05) is 6.58 Å². The van der Waals surface area contributed by atoms with Gasteiger partial charge in [-0.2, -0.15) is 0 Å². The number of carbonyl (C=O) groups excluding carboxylic acids is 1. The number of nitrogens with one attached hydrogen (secondary N) is 1. The van der Waals surface area contributed by atoms with Crippen LogP contribution in [0.25, 0.3) is 0 Å². The molecule has 0 heterocycles. The Morgan fingerprint density at radius 2 is 2.36 bits per heavy atom. The van der Waals surface area contributed by atoms with Crippen molar-refractivity contribution in [2.45, 2.75) is 19.8 Å². The van der Waals surface area contributed by atoms with Gasteiger partial charge in [0.15, 0.2) is 0 Å². The van der Waals surface area contributed by atoms with E-state index in [1.165, 1.54) is 0 Å². The van der Waals surface area contributed by atoms with Crippen molar-refractivity contribution >= 4 is 5.97 Å². The van der Waals surface area contributed by atoms with Crippen molar-refractivity contribution in [3.8, 4) is 12.3 Å². The number of hydrogen-bond acceptors (Lipinski definition) is 3. The van der Waals surface area contributed by atoms with Crippen LogP contribution in [-0.2, 0) is 9.53 Å². The molecule has 3 nitrogen and oxygen atoms in total. The molecule has 0 aliphatic heterocycles. The van der Waals surface area contributed by atoms with E-state index in [0.29, 0.717) is 18.7 Å². The number of unbranched alkanes of at least 4 members (excludes halogenated alkanes) is 1. The van der Waals surface area contributed by atoms with Crippen LogP contribution in [0, 0.1) is 12.3 Å². The lowest BCUT2D eigenvalue weighted by Crippen LogP contribution is -2.22. The van der Waals surface area contributed by atoms with Crippen LogP contribution in [0.2, 0.25) is 0 Å².